The van der Waals surface area contributed by atoms with Gasteiger partial charge in [-0.3, -0.25) is 9.59 Å². The molecule has 0 aliphatic carbocycles. The van der Waals surface area contributed by atoms with E-state index in [0.717, 1.165) is 22.4 Å². The van der Waals surface area contributed by atoms with Crippen LogP contribution in [0.15, 0.2) is 85.1 Å². The normalized spacial score (nSPS) is 14.7. The molecule has 0 radical (unpaired) electrons. The van der Waals surface area contributed by atoms with Gasteiger partial charge in [-0.15, -0.1) is 0 Å². The summed E-state index contributed by atoms with van der Waals surface area (Å²) in [5, 5.41) is 3.00. The summed E-state index contributed by atoms with van der Waals surface area (Å²) >= 11 is 0. The quantitative estimate of drug-likeness (QED) is 0.399. The number of aromatic nitrogens is 1. The Morgan fingerprint density at radius 2 is 1.65 bits per heavy atom. The molecule has 1 aliphatic rings. The lowest BCUT2D eigenvalue weighted by Crippen LogP contribution is -2.43. The molecular weight excluding hydrogens is 466 g/mol. The molecule has 1 N–H and O–H groups in total. The number of methoxy groups -OCH3 is 2. The second-order valence-electron chi connectivity index (χ2n) is 9.13. The van der Waals surface area contributed by atoms with Gasteiger partial charge in [0.1, 0.15) is 11.5 Å². The van der Waals surface area contributed by atoms with Crippen LogP contribution < -0.4 is 14.8 Å². The van der Waals surface area contributed by atoms with Crippen LogP contribution in [0.5, 0.6) is 11.5 Å². The monoisotopic (exact) mass is 495 g/mol. The lowest BCUT2D eigenvalue weighted by atomic mass is 10.00. The van der Waals surface area contributed by atoms with E-state index in [1.165, 1.54) is 0 Å². The molecule has 5 rings (SSSR count). The van der Waals surface area contributed by atoms with Crippen LogP contribution in [0.1, 0.15) is 38.8 Å². The SMILES string of the molecule is COc1cc(NC(=O)C2c3cccn3Cc3ccccc3C(=O)N2Cc2ccc(C)cc2)cc(OC)c1. The maximum atomic E-state index is 14.1. The average Bonchev–Trinajstić information content (AvgIpc) is 3.35. The van der Waals surface area contributed by atoms with Crippen molar-refractivity contribution in [1.82, 2.24) is 9.47 Å². The van der Waals surface area contributed by atoms with Gasteiger partial charge in [0.05, 0.1) is 19.9 Å². The first-order chi connectivity index (χ1) is 18.0. The van der Waals surface area contributed by atoms with Crippen molar-refractivity contribution in [3.8, 4) is 11.5 Å². The number of ether oxygens (including phenoxy) is 2. The van der Waals surface area contributed by atoms with Crippen molar-refractivity contribution in [3.05, 3.63) is 113 Å². The number of rotatable bonds is 6. The first-order valence-electron chi connectivity index (χ1n) is 12.1. The highest BCUT2D eigenvalue weighted by Gasteiger charge is 2.36. The lowest BCUT2D eigenvalue weighted by molar-refractivity contribution is -0.121. The Balaban J connectivity index is 1.60. The zero-order valence-electron chi connectivity index (χ0n) is 21.1. The molecule has 188 valence electrons. The standard InChI is InChI=1S/C30H29N3O4/c1-20-10-12-21(13-11-20)18-33-28(29(34)31-23-15-24(36-2)17-25(16-23)37-3)27-9-6-14-32(27)19-22-7-4-5-8-26(22)30(33)35/h4-17,28H,18-19H2,1-3H3,(H,31,34). The van der Waals surface area contributed by atoms with Gasteiger partial charge in [-0.05, 0) is 36.2 Å². The minimum Gasteiger partial charge on any atom is -0.497 e. The topological polar surface area (TPSA) is 72.8 Å². The van der Waals surface area contributed by atoms with Crippen LogP contribution in [0, 0.1) is 6.92 Å². The van der Waals surface area contributed by atoms with E-state index in [2.05, 4.69) is 5.32 Å². The molecule has 0 bridgehead atoms. The minimum atomic E-state index is -0.866. The summed E-state index contributed by atoms with van der Waals surface area (Å²) < 4.78 is 12.8. The lowest BCUT2D eigenvalue weighted by Gasteiger charge is -2.34. The fourth-order valence-corrected chi connectivity index (χ4v) is 4.72. The smallest absolute Gasteiger partial charge is 0.255 e. The Labute approximate surface area is 216 Å². The van der Waals surface area contributed by atoms with E-state index in [4.69, 9.17) is 9.47 Å². The predicted octanol–water partition coefficient (Wildman–Crippen LogP) is 5.20. The van der Waals surface area contributed by atoms with Gasteiger partial charge < -0.3 is 24.3 Å². The van der Waals surface area contributed by atoms with E-state index < -0.39 is 6.04 Å². The number of fused-ring (bicyclic) bond motifs is 2. The highest BCUT2D eigenvalue weighted by atomic mass is 16.5. The zero-order valence-corrected chi connectivity index (χ0v) is 21.1. The molecule has 0 fully saturated rings. The molecule has 1 aromatic heterocycles. The second-order valence-corrected chi connectivity index (χ2v) is 9.13. The van der Waals surface area contributed by atoms with Gasteiger partial charge in [0.2, 0.25) is 0 Å². The zero-order chi connectivity index (χ0) is 25.9. The fraction of sp³-hybridized carbons (Fsp3) is 0.200. The molecule has 0 saturated carbocycles. The molecule has 1 unspecified atom stereocenters. The number of benzene rings is 3. The van der Waals surface area contributed by atoms with Crippen LogP contribution in [-0.2, 0) is 17.9 Å². The number of carbonyl (C=O) groups is 2. The highest BCUT2D eigenvalue weighted by Crippen LogP contribution is 2.33. The number of hydrogen-bond acceptors (Lipinski definition) is 4. The van der Waals surface area contributed by atoms with Crippen LogP contribution in [-0.4, -0.2) is 35.5 Å². The van der Waals surface area contributed by atoms with Crippen molar-refractivity contribution in [2.45, 2.75) is 26.1 Å². The van der Waals surface area contributed by atoms with Crippen LogP contribution in [0.4, 0.5) is 5.69 Å². The second kappa shape index (κ2) is 10.2. The third-order valence-electron chi connectivity index (χ3n) is 6.65. The van der Waals surface area contributed by atoms with Gasteiger partial charge >= 0.3 is 0 Å². The molecule has 0 saturated heterocycles. The Hall–Kier alpha value is -4.52. The summed E-state index contributed by atoms with van der Waals surface area (Å²) in [5.41, 5.74) is 4.83. The maximum Gasteiger partial charge on any atom is 0.255 e. The maximum absolute atomic E-state index is 14.1. The summed E-state index contributed by atoms with van der Waals surface area (Å²) in [6.45, 7) is 2.80. The summed E-state index contributed by atoms with van der Waals surface area (Å²) in [6.07, 6.45) is 1.95. The number of aryl methyl sites for hydroxylation is 1. The number of carbonyl (C=O) groups excluding carboxylic acids is 2. The van der Waals surface area contributed by atoms with Gasteiger partial charge in [-0.2, -0.15) is 0 Å². The van der Waals surface area contributed by atoms with Crippen molar-refractivity contribution in [3.63, 3.8) is 0 Å². The van der Waals surface area contributed by atoms with Crippen molar-refractivity contribution < 1.29 is 19.1 Å². The van der Waals surface area contributed by atoms with E-state index in [1.807, 2.05) is 78.4 Å². The first-order valence-corrected chi connectivity index (χ1v) is 12.1. The molecule has 37 heavy (non-hydrogen) atoms. The molecule has 0 spiro atoms. The van der Waals surface area contributed by atoms with Gasteiger partial charge in [0, 0.05) is 48.7 Å². The van der Waals surface area contributed by atoms with Crippen LogP contribution in [0.3, 0.4) is 0 Å². The van der Waals surface area contributed by atoms with Crippen LogP contribution in [0.25, 0.3) is 0 Å². The van der Waals surface area contributed by atoms with Crippen LogP contribution in [0.2, 0.25) is 0 Å². The van der Waals surface area contributed by atoms with Crippen LogP contribution >= 0.6 is 0 Å². The molecule has 1 aliphatic heterocycles. The molecule has 2 amide bonds. The largest absolute Gasteiger partial charge is 0.497 e. The van der Waals surface area contributed by atoms with Crippen molar-refractivity contribution in [1.29, 1.82) is 0 Å². The molecule has 3 aromatic carbocycles. The Bertz CT molecular complexity index is 1420. The van der Waals surface area contributed by atoms with E-state index in [-0.39, 0.29) is 18.4 Å². The van der Waals surface area contributed by atoms with Crippen molar-refractivity contribution >= 4 is 17.5 Å². The number of anilines is 1. The fourth-order valence-electron chi connectivity index (χ4n) is 4.72. The number of hydrogen-bond donors (Lipinski definition) is 1. The summed E-state index contributed by atoms with van der Waals surface area (Å²) in [7, 11) is 3.11. The van der Waals surface area contributed by atoms with Gasteiger partial charge in [-0.25, -0.2) is 0 Å². The Kier molecular flexibility index (Phi) is 6.68. The predicted molar refractivity (Wildman–Crippen MR) is 142 cm³/mol. The van der Waals surface area contributed by atoms with Crippen molar-refractivity contribution in [2.75, 3.05) is 19.5 Å². The summed E-state index contributed by atoms with van der Waals surface area (Å²) in [6, 6.07) is 23.7. The number of amides is 2. The van der Waals surface area contributed by atoms with E-state index in [1.54, 1.807) is 37.3 Å². The highest BCUT2D eigenvalue weighted by molar-refractivity contribution is 6.02. The Morgan fingerprint density at radius 1 is 0.946 bits per heavy atom. The summed E-state index contributed by atoms with van der Waals surface area (Å²) in [5.74, 6) is 0.594. The average molecular weight is 496 g/mol. The molecule has 7 heteroatoms. The molecule has 4 aromatic rings. The van der Waals surface area contributed by atoms with Gasteiger partial charge in [-0.1, -0.05) is 48.0 Å². The summed E-state index contributed by atoms with van der Waals surface area (Å²) in [4.78, 5) is 29.7. The van der Waals surface area contributed by atoms with E-state index in [0.29, 0.717) is 29.3 Å². The third-order valence-corrected chi connectivity index (χ3v) is 6.65. The number of nitrogens with zero attached hydrogens (tertiary/aromatic N) is 2. The van der Waals surface area contributed by atoms with Crippen molar-refractivity contribution in [2.24, 2.45) is 0 Å². The molecule has 7 nitrogen and oxygen atoms in total. The molecular formula is C30H29N3O4. The molecule has 1 atom stereocenters. The third kappa shape index (κ3) is 4.93. The Morgan fingerprint density at radius 3 is 2.35 bits per heavy atom. The number of nitrogens with one attached hydrogen (secondary N) is 1. The van der Waals surface area contributed by atoms with E-state index in [9.17, 15) is 9.59 Å². The van der Waals surface area contributed by atoms with Gasteiger partial charge in [0.15, 0.2) is 6.04 Å². The van der Waals surface area contributed by atoms with Gasteiger partial charge in [0.25, 0.3) is 11.8 Å². The molecule has 2 heterocycles. The van der Waals surface area contributed by atoms with E-state index >= 15 is 0 Å². The first kappa shape index (κ1) is 24.2. The minimum absolute atomic E-state index is 0.188.